The van der Waals surface area contributed by atoms with Crippen LogP contribution in [0.2, 0.25) is 5.02 Å². The lowest BCUT2D eigenvalue weighted by Crippen LogP contribution is -2.07. The van der Waals surface area contributed by atoms with Crippen molar-refractivity contribution in [2.45, 2.75) is 12.5 Å². The van der Waals surface area contributed by atoms with Crippen LogP contribution in [0.25, 0.3) is 0 Å². The number of halogens is 2. The minimum absolute atomic E-state index is 0.0406. The fourth-order valence-corrected chi connectivity index (χ4v) is 1.93. The van der Waals surface area contributed by atoms with E-state index in [-0.39, 0.29) is 17.3 Å². The molecule has 0 aliphatic heterocycles. The van der Waals surface area contributed by atoms with E-state index in [1.165, 1.54) is 12.3 Å². The highest BCUT2D eigenvalue weighted by Crippen LogP contribution is 2.25. The number of rotatable bonds is 3. The van der Waals surface area contributed by atoms with Gasteiger partial charge in [-0.25, -0.2) is 9.37 Å². The van der Waals surface area contributed by atoms with Crippen LogP contribution in [0.5, 0.6) is 0 Å². The maximum atomic E-state index is 13.7. The van der Waals surface area contributed by atoms with E-state index in [0.29, 0.717) is 11.1 Å². The minimum Gasteiger partial charge on any atom is -0.388 e. The lowest BCUT2D eigenvalue weighted by Gasteiger charge is -2.13. The predicted octanol–water partition coefficient (Wildman–Crippen LogP) is 2.73. The summed E-state index contributed by atoms with van der Waals surface area (Å²) in [6, 6.07) is 8.01. The van der Waals surface area contributed by atoms with Crippen LogP contribution in [-0.4, -0.2) is 10.1 Å². The zero-order chi connectivity index (χ0) is 13.1. The fourth-order valence-electron chi connectivity index (χ4n) is 1.74. The van der Waals surface area contributed by atoms with Crippen molar-refractivity contribution in [1.29, 1.82) is 0 Å². The lowest BCUT2D eigenvalue weighted by molar-refractivity contribution is 0.177. The van der Waals surface area contributed by atoms with Gasteiger partial charge in [0, 0.05) is 18.2 Å². The molecule has 0 fully saturated rings. The number of hydrogen-bond donors (Lipinski definition) is 2. The van der Waals surface area contributed by atoms with Gasteiger partial charge in [0.05, 0.1) is 11.1 Å². The van der Waals surface area contributed by atoms with E-state index in [1.54, 1.807) is 24.3 Å². The monoisotopic (exact) mass is 266 g/mol. The molecule has 18 heavy (non-hydrogen) atoms. The molecule has 2 rings (SSSR count). The molecule has 1 aromatic heterocycles. The molecule has 1 unspecified atom stereocenters. The Hall–Kier alpha value is -1.65. The van der Waals surface area contributed by atoms with Crippen LogP contribution in [0.1, 0.15) is 17.2 Å². The van der Waals surface area contributed by atoms with Crippen molar-refractivity contribution >= 4 is 17.4 Å². The average molecular weight is 267 g/mol. The van der Waals surface area contributed by atoms with Crippen molar-refractivity contribution in [1.82, 2.24) is 4.98 Å². The molecule has 0 saturated heterocycles. The molecule has 5 heteroatoms. The van der Waals surface area contributed by atoms with Crippen molar-refractivity contribution in [3.05, 3.63) is 58.5 Å². The molecule has 3 nitrogen and oxygen atoms in total. The largest absolute Gasteiger partial charge is 0.388 e. The van der Waals surface area contributed by atoms with Gasteiger partial charge >= 0.3 is 0 Å². The number of aromatic nitrogens is 1. The van der Waals surface area contributed by atoms with Crippen molar-refractivity contribution in [2.24, 2.45) is 0 Å². The molecule has 94 valence electrons. The Labute approximate surface area is 109 Å². The summed E-state index contributed by atoms with van der Waals surface area (Å²) in [5.41, 5.74) is 6.48. The third kappa shape index (κ3) is 2.60. The van der Waals surface area contributed by atoms with Gasteiger partial charge in [-0.2, -0.15) is 0 Å². The number of nitrogens with zero attached hydrogens (tertiary/aromatic N) is 1. The smallest absolute Gasteiger partial charge is 0.145 e. The van der Waals surface area contributed by atoms with Crippen molar-refractivity contribution < 1.29 is 9.50 Å². The summed E-state index contributed by atoms with van der Waals surface area (Å²) in [6.45, 7) is 0. The van der Waals surface area contributed by atoms with Gasteiger partial charge < -0.3 is 10.8 Å². The first-order chi connectivity index (χ1) is 8.59. The first-order valence-corrected chi connectivity index (χ1v) is 5.78. The number of nitrogen functional groups attached to an aromatic ring is 1. The number of pyridine rings is 1. The van der Waals surface area contributed by atoms with Crippen LogP contribution in [0.15, 0.2) is 36.5 Å². The fraction of sp³-hybridized carbons (Fsp3) is 0.154. The molecule has 0 aliphatic carbocycles. The van der Waals surface area contributed by atoms with E-state index >= 15 is 0 Å². The first kappa shape index (κ1) is 12.8. The number of benzene rings is 1. The Bertz CT molecular complexity index is 562. The molecular weight excluding hydrogens is 255 g/mol. The number of hydrogen-bond acceptors (Lipinski definition) is 3. The summed E-state index contributed by atoms with van der Waals surface area (Å²) in [5, 5.41) is 10.1. The summed E-state index contributed by atoms with van der Waals surface area (Å²) in [7, 11) is 0. The molecule has 1 atom stereocenters. The van der Waals surface area contributed by atoms with E-state index in [4.69, 9.17) is 17.3 Å². The third-order valence-electron chi connectivity index (χ3n) is 2.68. The van der Waals surface area contributed by atoms with Crippen LogP contribution in [-0.2, 0) is 6.42 Å². The second kappa shape index (κ2) is 5.33. The van der Waals surface area contributed by atoms with Gasteiger partial charge in [-0.1, -0.05) is 29.8 Å². The van der Waals surface area contributed by atoms with Gasteiger partial charge in [-0.05, 0) is 17.7 Å². The quantitative estimate of drug-likeness (QED) is 0.898. The minimum atomic E-state index is -0.910. The summed E-state index contributed by atoms with van der Waals surface area (Å²) in [6.07, 6.45) is 0.722. The number of nitrogens with two attached hydrogens (primary N) is 1. The third-order valence-corrected chi connectivity index (χ3v) is 2.97. The van der Waals surface area contributed by atoms with Crippen molar-refractivity contribution in [3.63, 3.8) is 0 Å². The Balaban J connectivity index is 2.24. The highest BCUT2D eigenvalue weighted by Gasteiger charge is 2.15. The molecule has 1 aromatic carbocycles. The molecule has 1 heterocycles. The normalized spacial score (nSPS) is 12.4. The van der Waals surface area contributed by atoms with Crippen LogP contribution in [0.3, 0.4) is 0 Å². The van der Waals surface area contributed by atoms with E-state index in [0.717, 1.165) is 0 Å². The van der Waals surface area contributed by atoms with E-state index in [2.05, 4.69) is 4.98 Å². The maximum absolute atomic E-state index is 13.7. The maximum Gasteiger partial charge on any atom is 0.145 e. The second-order valence-corrected chi connectivity index (χ2v) is 4.32. The molecule has 0 bridgehead atoms. The number of aliphatic hydroxyl groups excluding tert-OH is 1. The van der Waals surface area contributed by atoms with Crippen LogP contribution >= 0.6 is 11.6 Å². The van der Waals surface area contributed by atoms with Gasteiger partial charge in [0.1, 0.15) is 11.6 Å². The average Bonchev–Trinajstić information content (AvgIpc) is 2.35. The zero-order valence-electron chi connectivity index (χ0n) is 9.48. The molecular formula is C13H12ClFN2O. The summed E-state index contributed by atoms with van der Waals surface area (Å²) in [5.74, 6) is -0.270. The van der Waals surface area contributed by atoms with Gasteiger partial charge in [0.2, 0.25) is 0 Å². The lowest BCUT2D eigenvalue weighted by atomic mass is 10.0. The Morgan fingerprint density at radius 2 is 2.11 bits per heavy atom. The Morgan fingerprint density at radius 3 is 2.83 bits per heavy atom. The number of aliphatic hydroxyl groups is 1. The first-order valence-electron chi connectivity index (χ1n) is 5.41. The van der Waals surface area contributed by atoms with Gasteiger partial charge in [0.15, 0.2) is 0 Å². The molecule has 0 aliphatic rings. The molecule has 0 radical (unpaired) electrons. The van der Waals surface area contributed by atoms with Gasteiger partial charge in [-0.15, -0.1) is 0 Å². The SMILES string of the molecule is Nc1ncccc1C(O)Cc1cccc(Cl)c1F. The summed E-state index contributed by atoms with van der Waals surface area (Å²) < 4.78 is 13.7. The summed E-state index contributed by atoms with van der Waals surface area (Å²) >= 11 is 5.68. The molecule has 0 spiro atoms. The van der Waals surface area contributed by atoms with Gasteiger partial charge in [-0.3, -0.25) is 0 Å². The molecule has 0 amide bonds. The van der Waals surface area contributed by atoms with E-state index < -0.39 is 11.9 Å². The highest BCUT2D eigenvalue weighted by atomic mass is 35.5. The predicted molar refractivity (Wildman–Crippen MR) is 68.7 cm³/mol. The van der Waals surface area contributed by atoms with Gasteiger partial charge in [0.25, 0.3) is 0 Å². The molecule has 3 N–H and O–H groups in total. The molecule has 0 saturated carbocycles. The highest BCUT2D eigenvalue weighted by molar-refractivity contribution is 6.30. The second-order valence-electron chi connectivity index (χ2n) is 3.91. The topological polar surface area (TPSA) is 59.1 Å². The molecule has 2 aromatic rings. The standard InChI is InChI=1S/C13H12ClFN2O/c14-10-5-1-3-8(12(10)15)7-11(18)9-4-2-6-17-13(9)16/h1-6,11,18H,7H2,(H2,16,17). The summed E-state index contributed by atoms with van der Waals surface area (Å²) in [4.78, 5) is 3.88. The van der Waals surface area contributed by atoms with Crippen molar-refractivity contribution in [2.75, 3.05) is 5.73 Å². The Morgan fingerprint density at radius 1 is 1.33 bits per heavy atom. The van der Waals surface area contributed by atoms with Crippen LogP contribution in [0, 0.1) is 5.82 Å². The van der Waals surface area contributed by atoms with Crippen LogP contribution in [0.4, 0.5) is 10.2 Å². The van der Waals surface area contributed by atoms with Crippen molar-refractivity contribution in [3.8, 4) is 0 Å². The number of anilines is 1. The van der Waals surface area contributed by atoms with E-state index in [1.807, 2.05) is 0 Å². The zero-order valence-corrected chi connectivity index (χ0v) is 10.2. The Kier molecular flexibility index (Phi) is 3.79. The van der Waals surface area contributed by atoms with Crippen LogP contribution < -0.4 is 5.73 Å². The van der Waals surface area contributed by atoms with E-state index in [9.17, 15) is 9.50 Å².